The molecule has 2 aromatic rings. The topological polar surface area (TPSA) is 34.5 Å². The Morgan fingerprint density at radius 2 is 1.80 bits per heavy atom. The molecule has 3 nitrogen and oxygen atoms in total. The second-order valence-electron chi connectivity index (χ2n) is 5.39. The standard InChI is InChI=1S/C17H16N2O/c1-2-5-12(6-3-1)16-11-20-17(19-16)15-8-4-7-14(18-15)13-9-10-13/h1-8,13,16H,9-11H2/t16-/m0/s1. The smallest absolute Gasteiger partial charge is 0.236 e. The number of nitrogens with zero attached hydrogens (tertiary/aromatic N) is 2. The highest BCUT2D eigenvalue weighted by atomic mass is 16.5. The Hall–Kier alpha value is -2.16. The second-order valence-corrected chi connectivity index (χ2v) is 5.39. The van der Waals surface area contributed by atoms with Crippen molar-refractivity contribution < 1.29 is 4.74 Å². The van der Waals surface area contributed by atoms with Crippen molar-refractivity contribution in [2.45, 2.75) is 24.8 Å². The summed E-state index contributed by atoms with van der Waals surface area (Å²) < 4.78 is 5.75. The summed E-state index contributed by atoms with van der Waals surface area (Å²) in [4.78, 5) is 9.37. The van der Waals surface area contributed by atoms with Crippen LogP contribution in [0.3, 0.4) is 0 Å². The van der Waals surface area contributed by atoms with Gasteiger partial charge in [-0.05, 0) is 30.5 Å². The van der Waals surface area contributed by atoms with Crippen molar-refractivity contribution >= 4 is 5.90 Å². The van der Waals surface area contributed by atoms with Gasteiger partial charge in [-0.15, -0.1) is 0 Å². The first-order chi connectivity index (χ1) is 9.90. The normalized spacial score (nSPS) is 21.4. The van der Waals surface area contributed by atoms with Gasteiger partial charge >= 0.3 is 0 Å². The average molecular weight is 264 g/mol. The number of benzene rings is 1. The number of hydrogen-bond acceptors (Lipinski definition) is 3. The fraction of sp³-hybridized carbons (Fsp3) is 0.294. The average Bonchev–Trinajstić information content (AvgIpc) is 3.25. The molecule has 0 N–H and O–H groups in total. The molecule has 0 bridgehead atoms. The van der Waals surface area contributed by atoms with Crippen LogP contribution >= 0.6 is 0 Å². The summed E-state index contributed by atoms with van der Waals surface area (Å²) in [5.41, 5.74) is 3.24. The largest absolute Gasteiger partial charge is 0.474 e. The lowest BCUT2D eigenvalue weighted by molar-refractivity contribution is 0.319. The monoisotopic (exact) mass is 264 g/mol. The molecule has 2 aliphatic rings. The molecule has 1 fully saturated rings. The Bertz CT molecular complexity index is 647. The van der Waals surface area contributed by atoms with E-state index in [4.69, 9.17) is 4.74 Å². The van der Waals surface area contributed by atoms with Gasteiger partial charge in [-0.3, -0.25) is 0 Å². The van der Waals surface area contributed by atoms with Gasteiger partial charge in [-0.2, -0.15) is 0 Å². The van der Waals surface area contributed by atoms with Crippen LogP contribution in [0.25, 0.3) is 0 Å². The summed E-state index contributed by atoms with van der Waals surface area (Å²) in [6.07, 6.45) is 2.52. The fourth-order valence-corrected chi connectivity index (χ4v) is 2.54. The zero-order chi connectivity index (χ0) is 13.4. The maximum absolute atomic E-state index is 5.75. The zero-order valence-corrected chi connectivity index (χ0v) is 11.2. The van der Waals surface area contributed by atoms with E-state index >= 15 is 0 Å². The van der Waals surface area contributed by atoms with E-state index in [1.807, 2.05) is 24.3 Å². The second kappa shape index (κ2) is 4.75. The molecule has 1 aromatic carbocycles. The van der Waals surface area contributed by atoms with Crippen molar-refractivity contribution in [2.75, 3.05) is 6.61 Å². The van der Waals surface area contributed by atoms with Gasteiger partial charge in [0.2, 0.25) is 5.90 Å². The molecule has 0 spiro atoms. The van der Waals surface area contributed by atoms with Crippen LogP contribution < -0.4 is 0 Å². The van der Waals surface area contributed by atoms with Crippen LogP contribution in [0, 0.1) is 0 Å². The van der Waals surface area contributed by atoms with E-state index < -0.39 is 0 Å². The van der Waals surface area contributed by atoms with E-state index in [9.17, 15) is 0 Å². The lowest BCUT2D eigenvalue weighted by Gasteiger charge is -2.03. The van der Waals surface area contributed by atoms with Crippen LogP contribution in [0.1, 0.15) is 41.8 Å². The van der Waals surface area contributed by atoms with Gasteiger partial charge in [-0.25, -0.2) is 9.98 Å². The first kappa shape index (κ1) is 11.6. The lowest BCUT2D eigenvalue weighted by atomic mass is 10.1. The number of aliphatic imine (C=N–C) groups is 1. The van der Waals surface area contributed by atoms with Gasteiger partial charge in [-0.1, -0.05) is 36.4 Å². The predicted molar refractivity (Wildman–Crippen MR) is 77.9 cm³/mol. The Balaban J connectivity index is 1.61. The number of pyridine rings is 1. The Morgan fingerprint density at radius 3 is 2.60 bits per heavy atom. The number of hydrogen-bond donors (Lipinski definition) is 0. The number of ether oxygens (including phenoxy) is 1. The SMILES string of the molecule is c1ccc([C@@H]2COC(c3cccc(C4CC4)n3)=N2)cc1. The van der Waals surface area contributed by atoms with Crippen molar-refractivity contribution in [3.05, 3.63) is 65.5 Å². The van der Waals surface area contributed by atoms with Crippen LogP contribution in [0.5, 0.6) is 0 Å². The highest BCUT2D eigenvalue weighted by Gasteiger charge is 2.27. The minimum Gasteiger partial charge on any atom is -0.474 e. The van der Waals surface area contributed by atoms with E-state index in [2.05, 4.69) is 34.2 Å². The summed E-state index contributed by atoms with van der Waals surface area (Å²) in [6, 6.07) is 16.5. The molecule has 0 unspecified atom stereocenters. The molecule has 1 aromatic heterocycles. The minimum atomic E-state index is 0.0950. The zero-order valence-electron chi connectivity index (χ0n) is 11.2. The van der Waals surface area contributed by atoms with Crippen LogP contribution in [0.15, 0.2) is 53.5 Å². The summed E-state index contributed by atoms with van der Waals surface area (Å²) in [7, 11) is 0. The molecule has 2 heterocycles. The molecule has 20 heavy (non-hydrogen) atoms. The quantitative estimate of drug-likeness (QED) is 0.850. The third-order valence-corrected chi connectivity index (χ3v) is 3.82. The maximum Gasteiger partial charge on any atom is 0.236 e. The highest BCUT2D eigenvalue weighted by molar-refractivity contribution is 5.93. The molecular formula is C17H16N2O. The molecule has 1 aliphatic heterocycles. The molecule has 4 rings (SSSR count). The highest BCUT2D eigenvalue weighted by Crippen LogP contribution is 2.39. The van der Waals surface area contributed by atoms with Gasteiger partial charge in [0.15, 0.2) is 0 Å². The number of rotatable bonds is 3. The summed E-state index contributed by atoms with van der Waals surface area (Å²) >= 11 is 0. The van der Waals surface area contributed by atoms with Crippen molar-refractivity contribution in [3.8, 4) is 0 Å². The third kappa shape index (κ3) is 2.20. The van der Waals surface area contributed by atoms with Crippen molar-refractivity contribution in [1.82, 2.24) is 4.98 Å². The first-order valence-electron chi connectivity index (χ1n) is 7.13. The third-order valence-electron chi connectivity index (χ3n) is 3.82. The van der Waals surface area contributed by atoms with Gasteiger partial charge in [0.05, 0.1) is 0 Å². The van der Waals surface area contributed by atoms with Crippen molar-refractivity contribution in [1.29, 1.82) is 0 Å². The van der Waals surface area contributed by atoms with Crippen molar-refractivity contribution in [3.63, 3.8) is 0 Å². The first-order valence-corrected chi connectivity index (χ1v) is 7.13. The summed E-state index contributed by atoms with van der Waals surface area (Å²) in [5.74, 6) is 1.34. The minimum absolute atomic E-state index is 0.0950. The van der Waals surface area contributed by atoms with Crippen LogP contribution in [-0.2, 0) is 4.74 Å². The number of aromatic nitrogens is 1. The van der Waals surface area contributed by atoms with Gasteiger partial charge in [0.1, 0.15) is 18.3 Å². The van der Waals surface area contributed by atoms with Crippen molar-refractivity contribution in [2.24, 2.45) is 4.99 Å². The summed E-state index contributed by atoms with van der Waals surface area (Å²) in [5, 5.41) is 0. The Kier molecular flexibility index (Phi) is 2.76. The van der Waals surface area contributed by atoms with Gasteiger partial charge in [0.25, 0.3) is 0 Å². The van der Waals surface area contributed by atoms with E-state index in [1.54, 1.807) is 0 Å². The molecule has 100 valence electrons. The van der Waals surface area contributed by atoms with Crippen LogP contribution in [0.2, 0.25) is 0 Å². The van der Waals surface area contributed by atoms with Gasteiger partial charge in [0, 0.05) is 11.6 Å². The van der Waals surface area contributed by atoms with Crippen LogP contribution in [0.4, 0.5) is 0 Å². The maximum atomic E-state index is 5.75. The van der Waals surface area contributed by atoms with E-state index in [1.165, 1.54) is 24.1 Å². The molecule has 1 aliphatic carbocycles. The fourth-order valence-electron chi connectivity index (χ4n) is 2.54. The molecule has 1 saturated carbocycles. The van der Waals surface area contributed by atoms with E-state index in [-0.39, 0.29) is 6.04 Å². The Labute approximate surface area is 118 Å². The molecule has 1 atom stereocenters. The van der Waals surface area contributed by atoms with Crippen LogP contribution in [-0.4, -0.2) is 17.5 Å². The van der Waals surface area contributed by atoms with E-state index in [0.717, 1.165) is 5.69 Å². The summed E-state index contributed by atoms with van der Waals surface area (Å²) in [6.45, 7) is 0.606. The molecule has 3 heteroatoms. The predicted octanol–water partition coefficient (Wildman–Crippen LogP) is 3.48. The Morgan fingerprint density at radius 1 is 0.950 bits per heavy atom. The molecular weight excluding hydrogens is 248 g/mol. The lowest BCUT2D eigenvalue weighted by Crippen LogP contribution is -2.05. The van der Waals surface area contributed by atoms with E-state index in [0.29, 0.717) is 18.4 Å². The molecule has 0 saturated heterocycles. The molecule has 0 radical (unpaired) electrons. The van der Waals surface area contributed by atoms with Gasteiger partial charge < -0.3 is 4.74 Å². The molecule has 0 amide bonds.